The molecule has 1 aliphatic rings. The van der Waals surface area contributed by atoms with Crippen molar-refractivity contribution in [3.63, 3.8) is 0 Å². The van der Waals surface area contributed by atoms with E-state index in [0.717, 1.165) is 11.1 Å². The number of anilines is 1. The zero-order valence-corrected chi connectivity index (χ0v) is 19.8. The van der Waals surface area contributed by atoms with Crippen molar-refractivity contribution in [3.05, 3.63) is 102 Å². The first-order chi connectivity index (χ1) is 17.0. The molecule has 35 heavy (non-hydrogen) atoms. The van der Waals surface area contributed by atoms with Crippen LogP contribution in [0.3, 0.4) is 0 Å². The Balaban J connectivity index is 1.64. The molecule has 0 spiro atoms. The first kappa shape index (κ1) is 24.0. The lowest BCUT2D eigenvalue weighted by Crippen LogP contribution is -2.46. The van der Waals surface area contributed by atoms with Crippen LogP contribution in [0.2, 0.25) is 0 Å². The van der Waals surface area contributed by atoms with Crippen LogP contribution in [0.25, 0.3) is 0 Å². The van der Waals surface area contributed by atoms with Crippen LogP contribution in [0.1, 0.15) is 49.1 Å². The molecule has 7 nitrogen and oxygen atoms in total. The van der Waals surface area contributed by atoms with Crippen LogP contribution in [0, 0.1) is 0 Å². The summed E-state index contributed by atoms with van der Waals surface area (Å²) < 4.78 is 5.75. The second-order valence-electron chi connectivity index (χ2n) is 8.53. The smallest absolute Gasteiger partial charge is 0.411 e. The summed E-state index contributed by atoms with van der Waals surface area (Å²) in [5.74, 6) is -0.432. The molecule has 180 valence electrons. The number of ether oxygens (including phenoxy) is 1. The molecule has 0 bridgehead atoms. The summed E-state index contributed by atoms with van der Waals surface area (Å²) in [7, 11) is 0. The fraction of sp³-hybridized carbons (Fsp3) is 0.250. The topological polar surface area (TPSA) is 87.7 Å². The van der Waals surface area contributed by atoms with Gasteiger partial charge >= 0.3 is 6.09 Å². The molecule has 3 amide bonds. The van der Waals surface area contributed by atoms with Crippen molar-refractivity contribution in [1.29, 1.82) is 0 Å². The van der Waals surface area contributed by atoms with E-state index in [1.807, 2.05) is 67.6 Å². The van der Waals surface area contributed by atoms with Gasteiger partial charge in [0.05, 0.1) is 12.6 Å². The lowest BCUT2D eigenvalue weighted by atomic mass is 9.99. The molecule has 1 heterocycles. The van der Waals surface area contributed by atoms with Gasteiger partial charge in [-0.15, -0.1) is 0 Å². The summed E-state index contributed by atoms with van der Waals surface area (Å²) in [6.07, 6.45) is -1.04. The number of nitrogens with zero attached hydrogens (tertiary/aromatic N) is 1. The number of carbonyl (C=O) groups excluding carboxylic acids is 3. The lowest BCUT2D eigenvalue weighted by Gasteiger charge is -2.26. The van der Waals surface area contributed by atoms with Crippen molar-refractivity contribution in [2.45, 2.75) is 45.0 Å². The van der Waals surface area contributed by atoms with E-state index >= 15 is 0 Å². The van der Waals surface area contributed by atoms with E-state index in [0.29, 0.717) is 17.7 Å². The quantitative estimate of drug-likeness (QED) is 0.485. The zero-order valence-electron chi connectivity index (χ0n) is 19.8. The van der Waals surface area contributed by atoms with Crippen LogP contribution in [-0.2, 0) is 20.9 Å². The molecule has 0 saturated carbocycles. The molecule has 7 heteroatoms. The Kier molecular flexibility index (Phi) is 7.45. The lowest BCUT2D eigenvalue weighted by molar-refractivity contribution is -0.127. The Hall–Kier alpha value is -4.13. The van der Waals surface area contributed by atoms with E-state index in [4.69, 9.17) is 4.74 Å². The third-order valence-electron chi connectivity index (χ3n) is 6.03. The van der Waals surface area contributed by atoms with Gasteiger partial charge in [-0.2, -0.15) is 0 Å². The Labute approximate surface area is 205 Å². The third kappa shape index (κ3) is 5.69. The van der Waals surface area contributed by atoms with Gasteiger partial charge in [0.1, 0.15) is 0 Å². The molecule has 0 aromatic heterocycles. The number of rotatable bonds is 8. The molecule has 3 aromatic rings. The molecule has 2 N–H and O–H groups in total. The summed E-state index contributed by atoms with van der Waals surface area (Å²) in [4.78, 5) is 40.0. The Morgan fingerprint density at radius 3 is 2.34 bits per heavy atom. The number of amides is 3. The third-order valence-corrected chi connectivity index (χ3v) is 6.03. The van der Waals surface area contributed by atoms with E-state index in [1.54, 1.807) is 31.2 Å². The minimum Gasteiger partial charge on any atom is -0.438 e. The van der Waals surface area contributed by atoms with Crippen LogP contribution in [0.4, 0.5) is 10.5 Å². The van der Waals surface area contributed by atoms with Crippen molar-refractivity contribution in [3.8, 4) is 0 Å². The predicted octanol–water partition coefficient (Wildman–Crippen LogP) is 4.97. The molecule has 0 unspecified atom stereocenters. The summed E-state index contributed by atoms with van der Waals surface area (Å²) in [6, 6.07) is 25.1. The van der Waals surface area contributed by atoms with E-state index < -0.39 is 18.2 Å². The van der Waals surface area contributed by atoms with Crippen LogP contribution in [-0.4, -0.2) is 28.8 Å². The minimum atomic E-state index is -0.883. The van der Waals surface area contributed by atoms with Crippen LogP contribution >= 0.6 is 0 Å². The Morgan fingerprint density at radius 2 is 1.66 bits per heavy atom. The first-order valence-corrected chi connectivity index (χ1v) is 11.7. The first-order valence-electron chi connectivity index (χ1n) is 11.7. The fourth-order valence-corrected chi connectivity index (χ4v) is 4.16. The Morgan fingerprint density at radius 1 is 0.971 bits per heavy atom. The molecular weight excluding hydrogens is 442 g/mol. The summed E-state index contributed by atoms with van der Waals surface area (Å²) >= 11 is 0. The molecule has 4 rings (SSSR count). The molecule has 3 atom stereocenters. The Bertz CT molecular complexity index is 1180. The number of cyclic esters (lactones) is 1. The maximum Gasteiger partial charge on any atom is 0.411 e. The number of hydrogen-bond donors (Lipinski definition) is 2. The monoisotopic (exact) mass is 471 g/mol. The molecule has 1 saturated heterocycles. The van der Waals surface area contributed by atoms with Gasteiger partial charge in [-0.1, -0.05) is 79.7 Å². The molecule has 0 radical (unpaired) electrons. The number of carbonyl (C=O) groups is 3. The standard InChI is InChI=1S/C28H29N3O4/c1-3-24(32)30-23-16-10-15-22(17-23)26-25(27(33)29-19(2)21-13-8-5-9-14-21)31(28(34)35-26)18-20-11-6-4-7-12-20/h4-17,19,25-26H,3,18H2,1-2H3,(H,29,33)(H,30,32)/t19-,25-,26+/m1/s1. The van der Waals surface area contributed by atoms with Gasteiger partial charge in [0.25, 0.3) is 0 Å². The van der Waals surface area contributed by atoms with Crippen molar-refractivity contribution < 1.29 is 19.1 Å². The van der Waals surface area contributed by atoms with E-state index in [-0.39, 0.29) is 24.4 Å². The van der Waals surface area contributed by atoms with Gasteiger partial charge in [-0.3, -0.25) is 14.5 Å². The van der Waals surface area contributed by atoms with E-state index in [9.17, 15) is 14.4 Å². The fourth-order valence-electron chi connectivity index (χ4n) is 4.16. The van der Waals surface area contributed by atoms with Gasteiger partial charge in [0.2, 0.25) is 11.8 Å². The number of hydrogen-bond acceptors (Lipinski definition) is 4. The number of benzene rings is 3. The average molecular weight is 472 g/mol. The minimum absolute atomic E-state index is 0.123. The van der Waals surface area contributed by atoms with Gasteiger partial charge in [0.15, 0.2) is 12.1 Å². The zero-order chi connectivity index (χ0) is 24.8. The SMILES string of the molecule is CCC(=O)Nc1cccc([C@@H]2OC(=O)N(Cc3ccccc3)[C@H]2C(=O)N[C@H](C)c2ccccc2)c1. The van der Waals surface area contributed by atoms with Gasteiger partial charge in [-0.25, -0.2) is 4.79 Å². The van der Waals surface area contributed by atoms with Crippen LogP contribution < -0.4 is 10.6 Å². The van der Waals surface area contributed by atoms with E-state index in [2.05, 4.69) is 10.6 Å². The summed E-state index contributed by atoms with van der Waals surface area (Å²) in [5.41, 5.74) is 3.07. The van der Waals surface area contributed by atoms with Gasteiger partial charge < -0.3 is 15.4 Å². The van der Waals surface area contributed by atoms with Gasteiger partial charge in [0, 0.05) is 12.1 Å². The maximum atomic E-state index is 13.6. The second kappa shape index (κ2) is 10.9. The van der Waals surface area contributed by atoms with Crippen molar-refractivity contribution in [2.75, 3.05) is 5.32 Å². The normalized spacial score (nSPS) is 18.0. The van der Waals surface area contributed by atoms with E-state index in [1.165, 1.54) is 4.90 Å². The van der Waals surface area contributed by atoms with Crippen molar-refractivity contribution in [2.24, 2.45) is 0 Å². The van der Waals surface area contributed by atoms with Crippen LogP contribution in [0.5, 0.6) is 0 Å². The molecule has 0 aliphatic carbocycles. The highest BCUT2D eigenvalue weighted by Crippen LogP contribution is 2.35. The van der Waals surface area contributed by atoms with Crippen LogP contribution in [0.15, 0.2) is 84.9 Å². The summed E-state index contributed by atoms with van der Waals surface area (Å²) in [6.45, 7) is 3.91. The highest BCUT2D eigenvalue weighted by atomic mass is 16.6. The maximum absolute atomic E-state index is 13.6. The molecular formula is C28H29N3O4. The molecule has 1 aliphatic heterocycles. The van der Waals surface area contributed by atoms with Crippen molar-refractivity contribution in [1.82, 2.24) is 10.2 Å². The molecule has 1 fully saturated rings. The summed E-state index contributed by atoms with van der Waals surface area (Å²) in [5, 5.41) is 5.87. The highest BCUT2D eigenvalue weighted by Gasteiger charge is 2.47. The predicted molar refractivity (Wildman–Crippen MR) is 133 cm³/mol. The average Bonchev–Trinajstić information content (AvgIpc) is 3.21. The second-order valence-corrected chi connectivity index (χ2v) is 8.53. The number of nitrogens with one attached hydrogen (secondary N) is 2. The van der Waals surface area contributed by atoms with Gasteiger partial charge in [-0.05, 0) is 35.7 Å². The largest absolute Gasteiger partial charge is 0.438 e. The van der Waals surface area contributed by atoms with Crippen molar-refractivity contribution >= 4 is 23.6 Å². The highest BCUT2D eigenvalue weighted by molar-refractivity contribution is 5.91. The molecule has 3 aromatic carbocycles.